The molecule has 0 fully saturated rings. The zero-order chi connectivity index (χ0) is 36.6. The van der Waals surface area contributed by atoms with Crippen LogP contribution >= 0.6 is 0 Å². The monoisotopic (exact) mass is 702 g/mol. The Kier molecular flexibility index (Phi) is 10.6. The molecular weight excluding hydrogens is 651 g/mol. The van der Waals surface area contributed by atoms with E-state index in [0.717, 1.165) is 59.7 Å². The summed E-state index contributed by atoms with van der Waals surface area (Å²) in [5, 5.41) is 5.97. The molecule has 1 aliphatic carbocycles. The van der Waals surface area contributed by atoms with Gasteiger partial charge in [0.2, 0.25) is 11.6 Å². The van der Waals surface area contributed by atoms with Crippen LogP contribution in [0.3, 0.4) is 0 Å². The van der Waals surface area contributed by atoms with Gasteiger partial charge in [0.1, 0.15) is 18.8 Å². The molecule has 10 nitrogen and oxygen atoms in total. The van der Waals surface area contributed by atoms with Gasteiger partial charge in [-0.3, -0.25) is 14.1 Å². The number of para-hydroxylation sites is 2. The average Bonchev–Trinajstić information content (AvgIpc) is 3.37. The van der Waals surface area contributed by atoms with E-state index in [1.165, 1.54) is 0 Å². The Morgan fingerprint density at radius 3 is 2.30 bits per heavy atom. The molecule has 268 valence electrons. The van der Waals surface area contributed by atoms with E-state index in [2.05, 4.69) is 71.8 Å². The number of benzene rings is 2. The minimum Gasteiger partial charge on any atom is -0.372 e. The summed E-state index contributed by atoms with van der Waals surface area (Å²) in [6, 6.07) is 14.8. The Balaban J connectivity index is 1.55. The van der Waals surface area contributed by atoms with Gasteiger partial charge in [0.15, 0.2) is 11.5 Å². The van der Waals surface area contributed by atoms with Crippen molar-refractivity contribution in [3.63, 3.8) is 0 Å². The molecule has 3 N–H and O–H groups in total. The smallest absolute Gasteiger partial charge is 0.267 e. The lowest BCUT2D eigenvalue weighted by molar-refractivity contribution is -0.401. The number of carbonyl (C=O) groups excluding carboxylic acids is 2. The summed E-state index contributed by atoms with van der Waals surface area (Å²) in [6.07, 6.45) is 6.98. The summed E-state index contributed by atoms with van der Waals surface area (Å²) in [4.78, 5) is 32.0. The number of hydrogen-bond acceptors (Lipinski definition) is 7. The van der Waals surface area contributed by atoms with Crippen molar-refractivity contribution in [2.45, 2.75) is 70.8 Å². The summed E-state index contributed by atoms with van der Waals surface area (Å²) < 4.78 is 36.5. The van der Waals surface area contributed by atoms with Crippen molar-refractivity contribution in [2.75, 3.05) is 51.4 Å². The van der Waals surface area contributed by atoms with Crippen LogP contribution in [0.15, 0.2) is 83.2 Å². The summed E-state index contributed by atoms with van der Waals surface area (Å²) in [5.41, 5.74) is 6.30. The third kappa shape index (κ3) is 7.22. The normalized spacial score (nSPS) is 20.0. The second-order valence-corrected chi connectivity index (χ2v) is 16.2. The Morgan fingerprint density at radius 1 is 1.00 bits per heavy atom. The molecule has 3 aliphatic rings. The molecule has 1 atom stereocenters. The fraction of sp³-hybridized carbons (Fsp3) is 0.462. The molecule has 2 aromatic carbocycles. The van der Waals surface area contributed by atoms with Crippen LogP contribution in [-0.2, 0) is 30.5 Å². The van der Waals surface area contributed by atoms with Crippen LogP contribution in [-0.4, -0.2) is 92.4 Å². The number of anilines is 1. The van der Waals surface area contributed by atoms with Crippen LogP contribution in [0.4, 0.5) is 11.4 Å². The van der Waals surface area contributed by atoms with E-state index in [-0.39, 0.29) is 5.78 Å². The second kappa shape index (κ2) is 14.3. The topological polar surface area (TPSA) is 122 Å². The molecule has 1 amide bonds. The number of nitrogens with zero attached hydrogens (tertiary/aromatic N) is 3. The summed E-state index contributed by atoms with van der Waals surface area (Å²) in [7, 11) is 1.33. The van der Waals surface area contributed by atoms with Crippen molar-refractivity contribution < 1.29 is 27.1 Å². The SMILES string of the molecule is CCCCCN(C)CCNC(=O)C(CS(=O)(=O)O)NC1=C(C=C2N(C)c3ccccc3C2(C)C)C(=O)C1=CC1=[N+](C)c2ccccc2C1(C)C. The van der Waals surface area contributed by atoms with Gasteiger partial charge < -0.3 is 20.4 Å². The van der Waals surface area contributed by atoms with Crippen molar-refractivity contribution in [1.29, 1.82) is 0 Å². The number of carbonyl (C=O) groups is 2. The number of amides is 1. The van der Waals surface area contributed by atoms with Gasteiger partial charge in [0, 0.05) is 60.2 Å². The standard InChI is InChI=1S/C39H51N5O5S/c1-9-10-15-21-42(6)22-20-40-37(46)30(25-50(47,48)49)41-35-26(23-33-38(2,3)28-16-11-13-18-31(28)43(33)7)36(45)27(35)24-34-39(4,5)29-17-12-14-19-32(29)44(34)8/h11-14,16-19,23-24,30H,9-10,15,20-22,25H2,1-8H3,(H2-,40,41,45,46,47,48,49)/p+1. The lowest BCUT2D eigenvalue weighted by Crippen LogP contribution is -2.51. The van der Waals surface area contributed by atoms with Crippen molar-refractivity contribution in [1.82, 2.24) is 15.5 Å². The molecule has 0 saturated carbocycles. The lowest BCUT2D eigenvalue weighted by atomic mass is 9.77. The van der Waals surface area contributed by atoms with Crippen LogP contribution in [0.2, 0.25) is 0 Å². The van der Waals surface area contributed by atoms with E-state index in [1.807, 2.05) is 69.7 Å². The first kappa shape index (κ1) is 37.2. The highest BCUT2D eigenvalue weighted by atomic mass is 32.2. The number of rotatable bonds is 14. The first-order valence-electron chi connectivity index (χ1n) is 17.4. The molecule has 0 spiro atoms. The number of unbranched alkanes of at least 4 members (excludes halogenated alkanes) is 2. The van der Waals surface area contributed by atoms with Gasteiger partial charge in [0.25, 0.3) is 10.1 Å². The van der Waals surface area contributed by atoms with Crippen LogP contribution in [0.5, 0.6) is 0 Å². The molecule has 0 saturated heterocycles. The molecule has 0 aromatic heterocycles. The molecular formula is C39H52N5O5S+. The molecule has 50 heavy (non-hydrogen) atoms. The highest BCUT2D eigenvalue weighted by molar-refractivity contribution is 7.85. The van der Waals surface area contributed by atoms with Gasteiger partial charge in [-0.15, -0.1) is 0 Å². The van der Waals surface area contributed by atoms with Crippen molar-refractivity contribution in [2.24, 2.45) is 0 Å². The third-order valence-electron chi connectivity index (χ3n) is 10.4. The van der Waals surface area contributed by atoms with E-state index >= 15 is 0 Å². The third-order valence-corrected chi connectivity index (χ3v) is 11.2. The fourth-order valence-corrected chi connectivity index (χ4v) is 8.14. The molecule has 11 heteroatoms. The Labute approximate surface area is 297 Å². The molecule has 1 unspecified atom stereocenters. The highest BCUT2D eigenvalue weighted by Crippen LogP contribution is 2.48. The average molecular weight is 703 g/mol. The number of fused-ring (bicyclic) bond motifs is 2. The zero-order valence-electron chi connectivity index (χ0n) is 30.6. The first-order chi connectivity index (χ1) is 23.5. The molecule has 2 aliphatic heterocycles. The van der Waals surface area contributed by atoms with Gasteiger partial charge >= 0.3 is 0 Å². The van der Waals surface area contributed by atoms with Crippen molar-refractivity contribution >= 4 is 38.9 Å². The molecule has 5 rings (SSSR count). The van der Waals surface area contributed by atoms with E-state index in [4.69, 9.17) is 0 Å². The van der Waals surface area contributed by atoms with Gasteiger partial charge in [0.05, 0.1) is 16.7 Å². The highest BCUT2D eigenvalue weighted by Gasteiger charge is 2.46. The lowest BCUT2D eigenvalue weighted by Gasteiger charge is -2.31. The van der Waals surface area contributed by atoms with Crippen LogP contribution < -0.4 is 15.5 Å². The largest absolute Gasteiger partial charge is 0.372 e. The van der Waals surface area contributed by atoms with Crippen molar-refractivity contribution in [3.05, 3.63) is 94.4 Å². The quantitative estimate of drug-likeness (QED) is 0.111. The minimum absolute atomic E-state index is 0.215. The van der Waals surface area contributed by atoms with E-state index in [0.29, 0.717) is 29.9 Å². The number of Topliss-reactive ketones (excluding diaryl/α,β-unsaturated/α-hetero) is 1. The minimum atomic E-state index is -4.57. The molecule has 0 radical (unpaired) electrons. The first-order valence-corrected chi connectivity index (χ1v) is 19.0. The molecule has 0 bridgehead atoms. The fourth-order valence-electron chi connectivity index (χ4n) is 7.48. The summed E-state index contributed by atoms with van der Waals surface area (Å²) >= 11 is 0. The Hall–Kier alpha value is -4.06. The summed E-state index contributed by atoms with van der Waals surface area (Å²) in [6.45, 7) is 12.3. The predicted octanol–water partition coefficient (Wildman–Crippen LogP) is 4.85. The van der Waals surface area contributed by atoms with Gasteiger partial charge in [-0.1, -0.05) is 70.0 Å². The second-order valence-electron chi connectivity index (χ2n) is 14.7. The molecule has 2 aromatic rings. The number of ketones is 1. The van der Waals surface area contributed by atoms with E-state index in [9.17, 15) is 22.6 Å². The number of allylic oxidation sites excluding steroid dienone is 5. The maximum atomic E-state index is 14.2. The number of likely N-dealkylation sites (N-methyl/N-ethyl adjacent to an activating group) is 2. The number of nitrogens with one attached hydrogen (secondary N) is 2. The summed E-state index contributed by atoms with van der Waals surface area (Å²) in [5.74, 6) is -1.65. The van der Waals surface area contributed by atoms with Crippen LogP contribution in [0.25, 0.3) is 0 Å². The van der Waals surface area contributed by atoms with Gasteiger partial charge in [-0.25, -0.2) is 0 Å². The Bertz CT molecular complexity index is 1920. The predicted molar refractivity (Wildman–Crippen MR) is 200 cm³/mol. The molecule has 2 heterocycles. The van der Waals surface area contributed by atoms with Crippen molar-refractivity contribution in [3.8, 4) is 0 Å². The van der Waals surface area contributed by atoms with Crippen LogP contribution in [0, 0.1) is 0 Å². The Morgan fingerprint density at radius 2 is 1.66 bits per heavy atom. The van der Waals surface area contributed by atoms with E-state index in [1.54, 1.807) is 0 Å². The maximum absolute atomic E-state index is 14.2. The number of hydrogen-bond donors (Lipinski definition) is 3. The van der Waals surface area contributed by atoms with E-state index < -0.39 is 38.6 Å². The van der Waals surface area contributed by atoms with Crippen LogP contribution in [0.1, 0.15) is 65.0 Å². The maximum Gasteiger partial charge on any atom is 0.267 e. The van der Waals surface area contributed by atoms with Gasteiger partial charge in [-0.05, 0) is 51.6 Å². The van der Waals surface area contributed by atoms with Gasteiger partial charge in [-0.2, -0.15) is 13.0 Å². The zero-order valence-corrected chi connectivity index (χ0v) is 31.4.